The summed E-state index contributed by atoms with van der Waals surface area (Å²) in [5, 5.41) is 36.4. The van der Waals surface area contributed by atoms with Crippen molar-refractivity contribution in [2.75, 3.05) is 0 Å². The minimum absolute atomic E-state index is 0.0688. The number of aromatic nitrogens is 2. The second kappa shape index (κ2) is 11.8. The largest absolute Gasteiger partial charge is 0.442 e. The number of nitrogens with zero attached hydrogens (tertiary/aromatic N) is 3. The fraction of sp³-hybridized carbons (Fsp3) is 0.500. The zero-order chi connectivity index (χ0) is 32.8. The van der Waals surface area contributed by atoms with Gasteiger partial charge in [-0.05, 0) is 47.8 Å². The molecule has 13 heteroatoms. The number of hydrogen-bond donors (Lipinski definition) is 4. The number of carbonyl (C=O) groups is 3. The topological polar surface area (TPSA) is 201 Å². The Morgan fingerprint density at radius 1 is 1.22 bits per heavy atom. The molecule has 13 nitrogen and oxygen atoms in total. The molecule has 1 aliphatic heterocycles. The maximum Gasteiger partial charge on any atom is 0.362 e. The Balaban J connectivity index is 1.69. The highest BCUT2D eigenvalue weighted by molar-refractivity contribution is 5.90. The minimum atomic E-state index is -1.37. The molecule has 5 rings (SSSR count). The summed E-state index contributed by atoms with van der Waals surface area (Å²) in [6, 6.07) is 6.11. The van der Waals surface area contributed by atoms with E-state index in [0.717, 1.165) is 11.8 Å². The van der Waals surface area contributed by atoms with Crippen molar-refractivity contribution in [3.8, 4) is 17.7 Å². The Bertz CT molecular complexity index is 1680. The van der Waals surface area contributed by atoms with E-state index in [9.17, 15) is 29.9 Å². The fourth-order valence-electron chi connectivity index (χ4n) is 5.71. The molecule has 238 valence electrons. The van der Waals surface area contributed by atoms with Gasteiger partial charge in [0.25, 0.3) is 0 Å². The summed E-state index contributed by atoms with van der Waals surface area (Å²) in [4.78, 5) is 48.2. The minimum Gasteiger partial charge on any atom is -0.442 e. The zero-order valence-electron chi connectivity index (χ0n) is 26.0. The maximum absolute atomic E-state index is 13.9. The van der Waals surface area contributed by atoms with Crippen molar-refractivity contribution in [3.63, 3.8) is 0 Å². The molecular weight excluding hydrogens is 582 g/mol. The summed E-state index contributed by atoms with van der Waals surface area (Å²) in [5.41, 5.74) is 0.107. The van der Waals surface area contributed by atoms with Crippen LogP contribution in [0.4, 0.5) is 0 Å². The third-order valence-electron chi connectivity index (χ3n) is 8.19. The average molecular weight is 620 g/mol. The number of aliphatic hydroxyl groups excluding tert-OH is 2. The Kier molecular flexibility index (Phi) is 8.33. The lowest BCUT2D eigenvalue weighted by atomic mass is 9.79. The van der Waals surface area contributed by atoms with Crippen molar-refractivity contribution >= 4 is 17.8 Å². The molecule has 1 aromatic carbocycles. The predicted molar refractivity (Wildman–Crippen MR) is 157 cm³/mol. The summed E-state index contributed by atoms with van der Waals surface area (Å²) in [6.07, 6.45) is -0.614. The molecule has 0 saturated carbocycles. The second-order valence-corrected chi connectivity index (χ2v) is 13.0. The number of nitriles is 1. The van der Waals surface area contributed by atoms with E-state index in [2.05, 4.69) is 21.7 Å². The van der Waals surface area contributed by atoms with E-state index in [4.69, 9.17) is 18.6 Å². The number of aliphatic hydroxyl groups is 2. The Morgan fingerprint density at radius 3 is 2.60 bits per heavy atom. The standard InChI is InChI=1S/C32H37N5O8/c1-15(2)23(39)27(41)34-20-12-17-7-8-18-9-10-32(14-33,19(18)11-17)25-22(28-35-21(13-43-28)30(42)44-16(3)38)36-29(45-25)24(31(4,5)6)37-26(20)40/h7-8,11,13,15-16,20,23-24,38-39H,9-10,12H2,1-6H3,(H,34,41)(H,37,40)/t16?,20-,23-,24+,32+/m0/s1. The Hall–Kier alpha value is -4.54. The molecule has 3 aromatic rings. The molecule has 2 aromatic heterocycles. The van der Waals surface area contributed by atoms with Gasteiger partial charge in [0, 0.05) is 6.42 Å². The van der Waals surface area contributed by atoms with Crippen LogP contribution in [0.25, 0.3) is 11.6 Å². The quantitative estimate of drug-likeness (QED) is 0.233. The number of ether oxygens (including phenoxy) is 1. The van der Waals surface area contributed by atoms with Gasteiger partial charge < -0.3 is 34.4 Å². The van der Waals surface area contributed by atoms with E-state index in [-0.39, 0.29) is 41.3 Å². The Morgan fingerprint density at radius 2 is 1.96 bits per heavy atom. The molecule has 1 unspecified atom stereocenters. The van der Waals surface area contributed by atoms with Crippen molar-refractivity contribution in [2.45, 2.75) is 90.7 Å². The van der Waals surface area contributed by atoms with Gasteiger partial charge in [0.05, 0.1) is 6.07 Å². The third-order valence-corrected chi connectivity index (χ3v) is 8.19. The maximum atomic E-state index is 13.9. The molecule has 2 amide bonds. The first-order valence-electron chi connectivity index (χ1n) is 14.8. The van der Waals surface area contributed by atoms with E-state index in [0.29, 0.717) is 24.0 Å². The van der Waals surface area contributed by atoms with Crippen molar-refractivity contribution in [1.29, 1.82) is 5.26 Å². The molecule has 0 fully saturated rings. The first-order chi connectivity index (χ1) is 21.1. The molecule has 1 aliphatic carbocycles. The molecule has 3 heterocycles. The highest BCUT2D eigenvalue weighted by Gasteiger charge is 2.49. The van der Waals surface area contributed by atoms with Gasteiger partial charge >= 0.3 is 5.97 Å². The number of hydrogen-bond acceptors (Lipinski definition) is 11. The van der Waals surface area contributed by atoms with Crippen LogP contribution in [-0.2, 0) is 32.6 Å². The van der Waals surface area contributed by atoms with Crippen molar-refractivity contribution < 1.29 is 38.2 Å². The van der Waals surface area contributed by atoms with Gasteiger partial charge in [0.2, 0.25) is 23.6 Å². The van der Waals surface area contributed by atoms with Gasteiger partial charge in [-0.15, -0.1) is 0 Å². The van der Waals surface area contributed by atoms with Gasteiger partial charge in [-0.3, -0.25) is 9.59 Å². The molecule has 2 aliphatic rings. The van der Waals surface area contributed by atoms with Crippen LogP contribution in [0, 0.1) is 22.7 Å². The first kappa shape index (κ1) is 31.9. The van der Waals surface area contributed by atoms with Gasteiger partial charge in [0.1, 0.15) is 29.9 Å². The third kappa shape index (κ3) is 5.95. The SMILES string of the molecule is CC(O)OC(=O)c1coc(-c2nc3oc2[C@@]2(C#N)CCc4ccc(cc42)C[C@H](NC(=O)[C@@H](O)C(C)C)C(=O)N[C@H]3C(C)(C)C)n1. The molecule has 45 heavy (non-hydrogen) atoms. The van der Waals surface area contributed by atoms with Crippen LogP contribution in [-0.4, -0.2) is 56.4 Å². The molecule has 0 saturated heterocycles. The van der Waals surface area contributed by atoms with Crippen LogP contribution in [0.5, 0.6) is 0 Å². The number of amides is 2. The van der Waals surface area contributed by atoms with E-state index in [1.807, 2.05) is 39.0 Å². The summed E-state index contributed by atoms with van der Waals surface area (Å²) < 4.78 is 16.9. The zero-order valence-corrected chi connectivity index (χ0v) is 26.0. The van der Waals surface area contributed by atoms with Crippen molar-refractivity contribution in [1.82, 2.24) is 20.6 Å². The van der Waals surface area contributed by atoms with Crippen LogP contribution in [0.2, 0.25) is 0 Å². The summed E-state index contributed by atoms with van der Waals surface area (Å²) in [7, 11) is 0. The number of oxazole rings is 2. The number of benzene rings is 1. The van der Waals surface area contributed by atoms with Gasteiger partial charge in [-0.2, -0.15) is 5.26 Å². The first-order valence-corrected chi connectivity index (χ1v) is 14.8. The highest BCUT2D eigenvalue weighted by atomic mass is 16.6. The average Bonchev–Trinajstić information content (AvgIpc) is 3.70. The second-order valence-electron chi connectivity index (χ2n) is 13.0. The van der Waals surface area contributed by atoms with Crippen LogP contribution in [0.3, 0.4) is 0 Å². The number of esters is 1. The van der Waals surface area contributed by atoms with Crippen molar-refractivity contribution in [3.05, 3.63) is 58.5 Å². The number of nitrogens with one attached hydrogen (secondary N) is 2. The van der Waals surface area contributed by atoms with Crippen LogP contribution >= 0.6 is 0 Å². The molecular formula is C32H37N5O8. The molecule has 4 N–H and O–H groups in total. The lowest BCUT2D eigenvalue weighted by molar-refractivity contribution is -0.136. The molecule has 4 bridgehead atoms. The molecule has 0 radical (unpaired) electrons. The van der Waals surface area contributed by atoms with E-state index >= 15 is 0 Å². The summed E-state index contributed by atoms with van der Waals surface area (Å²) in [6.45, 7) is 10.3. The van der Waals surface area contributed by atoms with Crippen LogP contribution < -0.4 is 10.6 Å². The fourth-order valence-corrected chi connectivity index (χ4v) is 5.71. The van der Waals surface area contributed by atoms with Crippen LogP contribution in [0.1, 0.15) is 92.8 Å². The molecule has 0 spiro atoms. The number of rotatable bonds is 6. The van der Waals surface area contributed by atoms with Crippen LogP contribution in [0.15, 0.2) is 33.3 Å². The number of fused-ring (bicyclic) bond motifs is 4. The smallest absolute Gasteiger partial charge is 0.362 e. The van der Waals surface area contributed by atoms with Gasteiger partial charge in [0.15, 0.2) is 23.4 Å². The van der Waals surface area contributed by atoms with E-state index < -0.39 is 53.1 Å². The lowest BCUT2D eigenvalue weighted by Gasteiger charge is -2.31. The van der Waals surface area contributed by atoms with E-state index in [1.165, 1.54) is 6.92 Å². The van der Waals surface area contributed by atoms with Crippen molar-refractivity contribution in [2.24, 2.45) is 11.3 Å². The number of aryl methyl sites for hydroxylation is 1. The molecule has 5 atom stereocenters. The summed E-state index contributed by atoms with van der Waals surface area (Å²) in [5.74, 6) is -2.37. The van der Waals surface area contributed by atoms with Gasteiger partial charge in [-0.25, -0.2) is 14.8 Å². The normalized spacial score (nSPS) is 22.4. The van der Waals surface area contributed by atoms with Gasteiger partial charge in [-0.1, -0.05) is 52.8 Å². The van der Waals surface area contributed by atoms with E-state index in [1.54, 1.807) is 13.8 Å². The number of carbonyl (C=O) groups excluding carboxylic acids is 3. The Labute approximate surface area is 260 Å². The predicted octanol–water partition coefficient (Wildman–Crippen LogP) is 2.84. The summed E-state index contributed by atoms with van der Waals surface area (Å²) >= 11 is 0. The highest BCUT2D eigenvalue weighted by Crippen LogP contribution is 2.49. The monoisotopic (exact) mass is 619 g/mol. The lowest BCUT2D eigenvalue weighted by Crippen LogP contribution is -2.53.